The maximum atomic E-state index is 11.0. The summed E-state index contributed by atoms with van der Waals surface area (Å²) >= 11 is 0. The zero-order valence-electron chi connectivity index (χ0n) is 10.3. The van der Waals surface area contributed by atoms with Gasteiger partial charge >= 0.3 is 14.5 Å². The van der Waals surface area contributed by atoms with E-state index in [1.807, 2.05) is 0 Å². The Morgan fingerprint density at radius 1 is 1.17 bits per heavy atom. The Labute approximate surface area is 107 Å². The number of nitrogens with one attached hydrogen (secondary N) is 2. The first-order valence-electron chi connectivity index (χ1n) is 5.65. The highest BCUT2D eigenvalue weighted by Crippen LogP contribution is 2.02. The summed E-state index contributed by atoms with van der Waals surface area (Å²) < 4.78 is 0. The number of carboxylic acids is 1. The molecular formula is C10H20N2O5Si. The first kappa shape index (κ1) is 16.8. The minimum Gasteiger partial charge on any atom is -0.478 e. The fourth-order valence-electron chi connectivity index (χ4n) is 1.15. The zero-order chi connectivity index (χ0) is 14.0. The van der Waals surface area contributed by atoms with Gasteiger partial charge in [0.25, 0.3) is 0 Å². The standard InChI is InChI=1S/C10H20N2O5Si/c1-18(16,17)8-2-5-11-6-7-12-9(13)3-4-10(14)15/h3-4,11,16-17H,2,5-8H2,1H3,(H,12,13)(H,14,15)/b4-3-. The van der Waals surface area contributed by atoms with E-state index >= 15 is 0 Å². The lowest BCUT2D eigenvalue weighted by Gasteiger charge is -2.11. The van der Waals surface area contributed by atoms with E-state index < -0.39 is 20.4 Å². The van der Waals surface area contributed by atoms with Crippen LogP contribution in [0.3, 0.4) is 0 Å². The Hall–Kier alpha value is -1.22. The Bertz CT molecular complexity index is 301. The van der Waals surface area contributed by atoms with Crippen molar-refractivity contribution in [2.75, 3.05) is 19.6 Å². The Kier molecular flexibility index (Phi) is 8.21. The Morgan fingerprint density at radius 3 is 2.39 bits per heavy atom. The van der Waals surface area contributed by atoms with Crippen molar-refractivity contribution in [2.45, 2.75) is 19.0 Å². The van der Waals surface area contributed by atoms with Crippen LogP contribution in [0.2, 0.25) is 12.6 Å². The molecule has 0 bridgehead atoms. The summed E-state index contributed by atoms with van der Waals surface area (Å²) in [7, 11) is -2.94. The van der Waals surface area contributed by atoms with Gasteiger partial charge in [0.1, 0.15) is 0 Å². The van der Waals surface area contributed by atoms with E-state index in [1.165, 1.54) is 6.55 Å². The molecule has 0 atom stereocenters. The first-order chi connectivity index (χ1) is 8.31. The van der Waals surface area contributed by atoms with Crippen molar-refractivity contribution in [1.82, 2.24) is 10.6 Å². The van der Waals surface area contributed by atoms with Crippen LogP contribution in [0.25, 0.3) is 0 Å². The van der Waals surface area contributed by atoms with Crippen LogP contribution < -0.4 is 10.6 Å². The minimum absolute atomic E-state index is 0.385. The fourth-order valence-corrected chi connectivity index (χ4v) is 2.00. The van der Waals surface area contributed by atoms with Gasteiger partial charge in [-0.3, -0.25) is 4.79 Å². The number of carbonyl (C=O) groups is 2. The topological polar surface area (TPSA) is 119 Å². The van der Waals surface area contributed by atoms with E-state index in [1.54, 1.807) is 0 Å². The SMILES string of the molecule is C[Si](O)(O)CCCNCCNC(=O)/C=C\C(=O)O. The smallest absolute Gasteiger partial charge is 0.329 e. The molecule has 0 heterocycles. The van der Waals surface area contributed by atoms with Crippen LogP contribution in [0.1, 0.15) is 6.42 Å². The second kappa shape index (κ2) is 8.81. The number of hydrogen-bond acceptors (Lipinski definition) is 5. The van der Waals surface area contributed by atoms with Crippen LogP contribution in [0, 0.1) is 0 Å². The molecular weight excluding hydrogens is 256 g/mol. The molecule has 5 N–H and O–H groups in total. The lowest BCUT2D eigenvalue weighted by molar-refractivity contribution is -0.131. The third-order valence-electron chi connectivity index (χ3n) is 1.98. The molecule has 0 saturated carbocycles. The van der Waals surface area contributed by atoms with Crippen LogP contribution in [-0.4, -0.2) is 54.8 Å². The van der Waals surface area contributed by atoms with Crippen molar-refractivity contribution in [2.24, 2.45) is 0 Å². The van der Waals surface area contributed by atoms with E-state index in [-0.39, 0.29) is 0 Å². The lowest BCUT2D eigenvalue weighted by Crippen LogP contribution is -2.33. The summed E-state index contributed by atoms with van der Waals surface area (Å²) in [6.45, 7) is 3.03. The van der Waals surface area contributed by atoms with Gasteiger partial charge in [0, 0.05) is 25.2 Å². The number of carbonyl (C=O) groups excluding carboxylic acids is 1. The maximum Gasteiger partial charge on any atom is 0.329 e. The van der Waals surface area contributed by atoms with Gasteiger partial charge in [0.05, 0.1) is 0 Å². The summed E-state index contributed by atoms with van der Waals surface area (Å²) in [4.78, 5) is 39.4. The van der Waals surface area contributed by atoms with Crippen LogP contribution >= 0.6 is 0 Å². The largest absolute Gasteiger partial charge is 0.478 e. The average molecular weight is 276 g/mol. The fraction of sp³-hybridized carbons (Fsp3) is 0.600. The summed E-state index contributed by atoms with van der Waals surface area (Å²) in [5.74, 6) is -1.62. The van der Waals surface area contributed by atoms with E-state index in [0.29, 0.717) is 32.1 Å². The van der Waals surface area contributed by atoms with Gasteiger partial charge in [-0.25, -0.2) is 4.79 Å². The third kappa shape index (κ3) is 12.8. The second-order valence-electron chi connectivity index (χ2n) is 4.03. The highest BCUT2D eigenvalue weighted by Gasteiger charge is 2.19. The molecule has 0 saturated heterocycles. The maximum absolute atomic E-state index is 11.0. The molecule has 0 unspecified atom stereocenters. The average Bonchev–Trinajstić information content (AvgIpc) is 2.23. The van der Waals surface area contributed by atoms with Crippen molar-refractivity contribution < 1.29 is 24.3 Å². The number of rotatable bonds is 9. The Balaban J connectivity index is 3.41. The van der Waals surface area contributed by atoms with Gasteiger partial charge in [0.2, 0.25) is 5.91 Å². The molecule has 0 aromatic carbocycles. The molecule has 0 fully saturated rings. The summed E-state index contributed by atoms with van der Waals surface area (Å²) in [6.07, 6.45) is 2.40. The second-order valence-corrected chi connectivity index (χ2v) is 6.97. The zero-order valence-corrected chi connectivity index (χ0v) is 11.3. The van der Waals surface area contributed by atoms with Crippen molar-refractivity contribution in [3.05, 3.63) is 12.2 Å². The lowest BCUT2D eigenvalue weighted by atomic mass is 10.4. The van der Waals surface area contributed by atoms with Crippen LogP contribution in [0.15, 0.2) is 12.2 Å². The van der Waals surface area contributed by atoms with Crippen LogP contribution in [0.4, 0.5) is 0 Å². The van der Waals surface area contributed by atoms with E-state index in [9.17, 15) is 9.59 Å². The number of amides is 1. The van der Waals surface area contributed by atoms with Gasteiger partial charge < -0.3 is 25.3 Å². The third-order valence-corrected chi connectivity index (χ3v) is 3.28. The predicted molar refractivity (Wildman–Crippen MR) is 68.1 cm³/mol. The summed E-state index contributed by atoms with van der Waals surface area (Å²) in [6, 6.07) is 0.410. The molecule has 8 heteroatoms. The summed E-state index contributed by atoms with van der Waals surface area (Å²) in [5, 5.41) is 13.8. The molecule has 104 valence electrons. The molecule has 0 aromatic rings. The Morgan fingerprint density at radius 2 is 1.83 bits per heavy atom. The molecule has 7 nitrogen and oxygen atoms in total. The van der Waals surface area contributed by atoms with Gasteiger partial charge in [-0.2, -0.15) is 0 Å². The predicted octanol–water partition coefficient (Wildman–Crippen LogP) is -1.22. The molecule has 0 aromatic heterocycles. The number of carboxylic acid groups (broad SMARTS) is 1. The molecule has 0 aliphatic carbocycles. The van der Waals surface area contributed by atoms with Gasteiger partial charge in [0.15, 0.2) is 0 Å². The quantitative estimate of drug-likeness (QED) is 0.205. The van der Waals surface area contributed by atoms with Crippen molar-refractivity contribution >= 4 is 20.4 Å². The minimum atomic E-state index is -2.94. The molecule has 0 aliphatic rings. The summed E-state index contributed by atoms with van der Waals surface area (Å²) in [5.41, 5.74) is 0. The molecule has 0 radical (unpaired) electrons. The van der Waals surface area contributed by atoms with Crippen molar-refractivity contribution in [1.29, 1.82) is 0 Å². The van der Waals surface area contributed by atoms with E-state index in [2.05, 4.69) is 10.6 Å². The van der Waals surface area contributed by atoms with E-state index in [4.69, 9.17) is 14.7 Å². The van der Waals surface area contributed by atoms with Gasteiger partial charge in [-0.05, 0) is 25.6 Å². The monoisotopic (exact) mass is 276 g/mol. The van der Waals surface area contributed by atoms with Crippen molar-refractivity contribution in [3.63, 3.8) is 0 Å². The molecule has 1 amide bonds. The number of aliphatic carboxylic acids is 1. The van der Waals surface area contributed by atoms with E-state index in [0.717, 1.165) is 12.2 Å². The highest BCUT2D eigenvalue weighted by molar-refractivity contribution is 6.63. The normalized spacial score (nSPS) is 11.7. The first-order valence-corrected chi connectivity index (χ1v) is 8.26. The highest BCUT2D eigenvalue weighted by atomic mass is 28.4. The van der Waals surface area contributed by atoms with Crippen LogP contribution in [-0.2, 0) is 9.59 Å². The molecule has 0 aliphatic heterocycles. The number of hydrogen-bond donors (Lipinski definition) is 5. The van der Waals surface area contributed by atoms with Crippen LogP contribution in [0.5, 0.6) is 0 Å². The molecule has 18 heavy (non-hydrogen) atoms. The van der Waals surface area contributed by atoms with Crippen molar-refractivity contribution in [3.8, 4) is 0 Å². The molecule has 0 spiro atoms. The van der Waals surface area contributed by atoms with Gasteiger partial charge in [-0.15, -0.1) is 0 Å². The van der Waals surface area contributed by atoms with Gasteiger partial charge in [-0.1, -0.05) is 0 Å². The molecule has 0 rings (SSSR count).